The van der Waals surface area contributed by atoms with Gasteiger partial charge in [-0.15, -0.1) is 24.0 Å². The summed E-state index contributed by atoms with van der Waals surface area (Å²) in [4.78, 5) is 22.6. The van der Waals surface area contributed by atoms with Crippen LogP contribution in [0, 0.1) is 5.92 Å². The van der Waals surface area contributed by atoms with Crippen molar-refractivity contribution in [1.29, 1.82) is 0 Å². The van der Waals surface area contributed by atoms with Gasteiger partial charge >= 0.3 is 5.97 Å². The number of piperidine rings is 1. The zero-order valence-electron chi connectivity index (χ0n) is 16.7. The third-order valence-corrected chi connectivity index (χ3v) is 5.38. The summed E-state index contributed by atoms with van der Waals surface area (Å²) in [5.41, 5.74) is 1.11. The van der Waals surface area contributed by atoms with E-state index in [0.717, 1.165) is 50.3 Å². The van der Waals surface area contributed by atoms with Crippen LogP contribution in [0.25, 0.3) is 0 Å². The number of hydrogen-bond donors (Lipinski definition) is 1. The van der Waals surface area contributed by atoms with Gasteiger partial charge < -0.3 is 19.7 Å². The van der Waals surface area contributed by atoms with Crippen molar-refractivity contribution in [3.8, 4) is 5.88 Å². The first kappa shape index (κ1) is 22.7. The van der Waals surface area contributed by atoms with Crippen LogP contribution in [0.5, 0.6) is 5.88 Å². The van der Waals surface area contributed by atoms with Crippen LogP contribution in [0.1, 0.15) is 44.1 Å². The maximum atomic E-state index is 11.7. The van der Waals surface area contributed by atoms with Gasteiger partial charge in [-0.05, 0) is 50.2 Å². The average molecular weight is 502 g/mol. The number of aromatic nitrogens is 1. The fourth-order valence-electron chi connectivity index (χ4n) is 3.81. The highest BCUT2D eigenvalue weighted by molar-refractivity contribution is 14.0. The summed E-state index contributed by atoms with van der Waals surface area (Å²) >= 11 is 0. The first-order valence-corrected chi connectivity index (χ1v) is 9.84. The minimum Gasteiger partial charge on any atom is -0.474 e. The van der Waals surface area contributed by atoms with Crippen molar-refractivity contribution in [3.63, 3.8) is 0 Å². The fraction of sp³-hybridized carbons (Fsp3) is 0.650. The van der Waals surface area contributed by atoms with Gasteiger partial charge in [-0.2, -0.15) is 0 Å². The second-order valence-electron chi connectivity index (χ2n) is 7.21. The molecule has 0 bridgehead atoms. The normalized spacial score (nSPS) is 18.5. The maximum absolute atomic E-state index is 11.7. The van der Waals surface area contributed by atoms with Gasteiger partial charge in [0.25, 0.3) is 0 Å². The predicted octanol–water partition coefficient (Wildman–Crippen LogP) is 2.98. The van der Waals surface area contributed by atoms with Crippen molar-refractivity contribution >= 4 is 35.9 Å². The second-order valence-corrected chi connectivity index (χ2v) is 7.21. The molecular weight excluding hydrogens is 471 g/mol. The summed E-state index contributed by atoms with van der Waals surface area (Å²) < 4.78 is 10.8. The lowest BCUT2D eigenvalue weighted by atomic mass is 9.97. The second kappa shape index (κ2) is 11.4. The molecule has 1 saturated heterocycles. The quantitative estimate of drug-likeness (QED) is 0.289. The highest BCUT2D eigenvalue weighted by atomic mass is 127. The molecule has 0 radical (unpaired) electrons. The molecule has 2 aliphatic rings. The molecule has 8 heteroatoms. The molecule has 156 valence electrons. The Hall–Kier alpha value is -1.58. The molecule has 1 aliphatic carbocycles. The number of rotatable bonds is 5. The van der Waals surface area contributed by atoms with E-state index in [9.17, 15) is 4.79 Å². The first-order valence-electron chi connectivity index (χ1n) is 9.84. The SMILES string of the molecule is CN=C(NCc1ccnc(OC2CCCC2)c1)N1CCC(C(=O)OC)CC1.I. The number of hydrogen-bond acceptors (Lipinski definition) is 5. The molecule has 2 fully saturated rings. The Morgan fingerprint density at radius 2 is 2.00 bits per heavy atom. The van der Waals surface area contributed by atoms with Gasteiger partial charge in [0.15, 0.2) is 5.96 Å². The number of carbonyl (C=O) groups excluding carboxylic acids is 1. The van der Waals surface area contributed by atoms with E-state index in [2.05, 4.69) is 20.2 Å². The van der Waals surface area contributed by atoms with Gasteiger partial charge in [0, 0.05) is 38.9 Å². The van der Waals surface area contributed by atoms with Crippen LogP contribution in [0.15, 0.2) is 23.3 Å². The lowest BCUT2D eigenvalue weighted by Crippen LogP contribution is -2.46. The summed E-state index contributed by atoms with van der Waals surface area (Å²) in [6.07, 6.45) is 8.43. The van der Waals surface area contributed by atoms with Crippen molar-refractivity contribution in [2.75, 3.05) is 27.2 Å². The van der Waals surface area contributed by atoms with E-state index in [1.807, 2.05) is 12.1 Å². The Morgan fingerprint density at radius 1 is 1.29 bits per heavy atom. The Morgan fingerprint density at radius 3 is 2.64 bits per heavy atom. The van der Waals surface area contributed by atoms with Crippen LogP contribution in [-0.4, -0.2) is 55.2 Å². The number of nitrogens with zero attached hydrogens (tertiary/aromatic N) is 3. The summed E-state index contributed by atoms with van der Waals surface area (Å²) in [5.74, 6) is 1.45. The third-order valence-electron chi connectivity index (χ3n) is 5.38. The number of methoxy groups -OCH3 is 1. The third kappa shape index (κ3) is 6.22. The Labute approximate surface area is 184 Å². The highest BCUT2D eigenvalue weighted by Crippen LogP contribution is 2.23. The van der Waals surface area contributed by atoms with Crippen molar-refractivity contribution in [2.24, 2.45) is 10.9 Å². The number of halogens is 1. The van der Waals surface area contributed by atoms with Crippen LogP contribution in [0.4, 0.5) is 0 Å². The van der Waals surface area contributed by atoms with E-state index in [1.165, 1.54) is 20.0 Å². The number of nitrogens with one attached hydrogen (secondary N) is 1. The Kier molecular flexibility index (Phi) is 9.27. The highest BCUT2D eigenvalue weighted by Gasteiger charge is 2.27. The number of likely N-dealkylation sites (tertiary alicyclic amines) is 1. The number of aliphatic imine (C=N–C) groups is 1. The molecule has 0 unspecified atom stereocenters. The molecule has 0 spiro atoms. The molecule has 1 saturated carbocycles. The van der Waals surface area contributed by atoms with Gasteiger partial charge in [0.2, 0.25) is 5.88 Å². The standard InChI is InChI=1S/C20H30N4O3.HI/c1-21-20(24-11-8-16(9-12-24)19(25)26-2)23-14-15-7-10-22-18(13-15)27-17-5-3-4-6-17;/h7,10,13,16-17H,3-6,8-9,11-12,14H2,1-2H3,(H,21,23);1H. The topological polar surface area (TPSA) is 76.1 Å². The van der Waals surface area contributed by atoms with Gasteiger partial charge in [-0.25, -0.2) is 4.98 Å². The lowest BCUT2D eigenvalue weighted by Gasteiger charge is -2.33. The zero-order valence-corrected chi connectivity index (χ0v) is 19.1. The number of carbonyl (C=O) groups is 1. The molecule has 2 heterocycles. The molecule has 1 aliphatic heterocycles. The van der Waals surface area contributed by atoms with Crippen molar-refractivity contribution in [3.05, 3.63) is 23.9 Å². The fourth-order valence-corrected chi connectivity index (χ4v) is 3.81. The van der Waals surface area contributed by atoms with E-state index < -0.39 is 0 Å². The van der Waals surface area contributed by atoms with Gasteiger partial charge in [0.05, 0.1) is 13.0 Å². The van der Waals surface area contributed by atoms with E-state index in [0.29, 0.717) is 18.5 Å². The number of esters is 1. The minimum absolute atomic E-state index is 0. The van der Waals surface area contributed by atoms with Gasteiger partial charge in [-0.3, -0.25) is 9.79 Å². The predicted molar refractivity (Wildman–Crippen MR) is 119 cm³/mol. The van der Waals surface area contributed by atoms with E-state index in [1.54, 1.807) is 13.2 Å². The molecule has 1 N–H and O–H groups in total. The maximum Gasteiger partial charge on any atom is 0.308 e. The first-order chi connectivity index (χ1) is 13.2. The van der Waals surface area contributed by atoms with Crippen LogP contribution < -0.4 is 10.1 Å². The summed E-state index contributed by atoms with van der Waals surface area (Å²) in [6.45, 7) is 2.25. The average Bonchev–Trinajstić information content (AvgIpc) is 3.21. The van der Waals surface area contributed by atoms with Gasteiger partial charge in [-0.1, -0.05) is 0 Å². The van der Waals surface area contributed by atoms with Crippen LogP contribution >= 0.6 is 24.0 Å². The largest absolute Gasteiger partial charge is 0.474 e. The number of pyridine rings is 1. The minimum atomic E-state index is -0.107. The Balaban J connectivity index is 0.00000280. The van der Waals surface area contributed by atoms with Crippen LogP contribution in [0.3, 0.4) is 0 Å². The Bertz CT molecular complexity index is 657. The molecule has 0 atom stereocenters. The van der Waals surface area contributed by atoms with E-state index >= 15 is 0 Å². The molecule has 3 rings (SSSR count). The molecule has 0 amide bonds. The van der Waals surface area contributed by atoms with E-state index in [-0.39, 0.29) is 35.9 Å². The van der Waals surface area contributed by atoms with Crippen molar-refractivity contribution in [1.82, 2.24) is 15.2 Å². The van der Waals surface area contributed by atoms with Crippen molar-refractivity contribution < 1.29 is 14.3 Å². The molecular formula is C20H31IN4O3. The van der Waals surface area contributed by atoms with Crippen LogP contribution in [0.2, 0.25) is 0 Å². The summed E-state index contributed by atoms with van der Waals surface area (Å²) in [7, 11) is 3.24. The molecule has 1 aromatic rings. The number of ether oxygens (including phenoxy) is 2. The number of guanidine groups is 1. The van der Waals surface area contributed by atoms with Crippen LogP contribution in [-0.2, 0) is 16.1 Å². The molecule has 28 heavy (non-hydrogen) atoms. The monoisotopic (exact) mass is 502 g/mol. The smallest absolute Gasteiger partial charge is 0.308 e. The molecule has 1 aromatic heterocycles. The zero-order chi connectivity index (χ0) is 19.1. The van der Waals surface area contributed by atoms with Gasteiger partial charge in [0.1, 0.15) is 6.10 Å². The molecule has 0 aromatic carbocycles. The van der Waals surface area contributed by atoms with Crippen molar-refractivity contribution in [2.45, 2.75) is 51.2 Å². The molecule has 7 nitrogen and oxygen atoms in total. The van der Waals surface area contributed by atoms with E-state index in [4.69, 9.17) is 9.47 Å². The summed E-state index contributed by atoms with van der Waals surface area (Å²) in [5, 5.41) is 3.41. The lowest BCUT2D eigenvalue weighted by molar-refractivity contribution is -0.146. The summed E-state index contributed by atoms with van der Waals surface area (Å²) in [6, 6.07) is 3.99.